The highest BCUT2D eigenvalue weighted by atomic mass is 35.5. The number of aromatic hydroxyl groups is 1. The van der Waals surface area contributed by atoms with Crippen LogP contribution in [0.4, 0.5) is 8.78 Å². The van der Waals surface area contributed by atoms with Gasteiger partial charge in [-0.05, 0) is 42.0 Å². The lowest BCUT2D eigenvalue weighted by atomic mass is 10.1. The Balaban J connectivity index is 2.25. The van der Waals surface area contributed by atoms with Crippen LogP contribution in [0.2, 0.25) is 5.02 Å². The number of halogens is 3. The van der Waals surface area contributed by atoms with E-state index in [-0.39, 0.29) is 28.0 Å². The molecule has 0 aliphatic heterocycles. The van der Waals surface area contributed by atoms with Crippen molar-refractivity contribution in [1.29, 1.82) is 0 Å². The van der Waals surface area contributed by atoms with Gasteiger partial charge in [-0.3, -0.25) is 14.4 Å². The van der Waals surface area contributed by atoms with E-state index in [0.717, 1.165) is 28.8 Å². The monoisotopic (exact) mass is 422 g/mol. The van der Waals surface area contributed by atoms with Gasteiger partial charge in [0.15, 0.2) is 0 Å². The first-order valence-corrected chi connectivity index (χ1v) is 8.55. The lowest BCUT2D eigenvalue weighted by molar-refractivity contribution is -0.135. The summed E-state index contributed by atoms with van der Waals surface area (Å²) >= 11 is 6.06. The van der Waals surface area contributed by atoms with Gasteiger partial charge >= 0.3 is 5.97 Å². The smallest absolute Gasteiger partial charge is 0.322 e. The number of carboxylic acids is 1. The fraction of sp³-hybridized carbons (Fsp3) is 0.105. The average Bonchev–Trinajstić information content (AvgIpc) is 2.66. The normalized spacial score (nSPS) is 10.9. The van der Waals surface area contributed by atoms with Crippen molar-refractivity contribution in [2.75, 3.05) is 6.54 Å². The summed E-state index contributed by atoms with van der Waals surface area (Å²) in [5, 5.41) is 21.1. The molecule has 1 heterocycles. The van der Waals surface area contributed by atoms with Gasteiger partial charge in [0.05, 0.1) is 12.1 Å². The second-order valence-electron chi connectivity index (χ2n) is 6.09. The van der Waals surface area contributed by atoms with Gasteiger partial charge in [-0.1, -0.05) is 11.6 Å². The molecular formula is C19H13ClF2N2O5. The lowest BCUT2D eigenvalue weighted by Gasteiger charge is -2.15. The first-order valence-electron chi connectivity index (χ1n) is 8.18. The molecule has 1 aromatic heterocycles. The number of benzene rings is 2. The van der Waals surface area contributed by atoms with Crippen molar-refractivity contribution >= 4 is 34.4 Å². The number of pyridine rings is 1. The van der Waals surface area contributed by atoms with Crippen LogP contribution in [0.25, 0.3) is 10.9 Å². The Morgan fingerprint density at radius 1 is 1.10 bits per heavy atom. The van der Waals surface area contributed by atoms with Crippen LogP contribution < -0.4 is 10.9 Å². The second kappa shape index (κ2) is 7.88. The molecule has 0 aliphatic carbocycles. The van der Waals surface area contributed by atoms with E-state index in [0.29, 0.717) is 0 Å². The number of carboxylic acid groups (broad SMARTS) is 1. The Bertz CT molecular complexity index is 1210. The molecule has 29 heavy (non-hydrogen) atoms. The number of nitrogens with one attached hydrogen (secondary N) is 1. The number of hydrogen-bond acceptors (Lipinski definition) is 4. The highest BCUT2D eigenvalue weighted by Gasteiger charge is 2.23. The highest BCUT2D eigenvalue weighted by Crippen LogP contribution is 2.28. The molecule has 0 spiro atoms. The zero-order valence-electron chi connectivity index (χ0n) is 14.6. The Hall–Kier alpha value is -3.46. The van der Waals surface area contributed by atoms with E-state index in [9.17, 15) is 28.3 Å². The SMILES string of the molecule is O=C(O)CNC(=O)c1c(O)c2cc(F)ccc2n(Cc2cc(F)ccc2Cl)c1=O. The molecule has 150 valence electrons. The van der Waals surface area contributed by atoms with Crippen LogP contribution in [0.3, 0.4) is 0 Å². The van der Waals surface area contributed by atoms with Crippen LogP contribution >= 0.6 is 11.6 Å². The van der Waals surface area contributed by atoms with Gasteiger partial charge in [-0.2, -0.15) is 0 Å². The van der Waals surface area contributed by atoms with Gasteiger partial charge in [0.25, 0.3) is 11.5 Å². The van der Waals surface area contributed by atoms with E-state index in [2.05, 4.69) is 0 Å². The maximum atomic E-state index is 13.7. The van der Waals surface area contributed by atoms with Gasteiger partial charge in [0.2, 0.25) is 0 Å². The third-order valence-corrected chi connectivity index (χ3v) is 4.53. The van der Waals surface area contributed by atoms with Crippen molar-refractivity contribution < 1.29 is 28.6 Å². The summed E-state index contributed by atoms with van der Waals surface area (Å²) in [6, 6.07) is 6.71. The van der Waals surface area contributed by atoms with Crippen molar-refractivity contribution in [3.8, 4) is 5.75 Å². The maximum absolute atomic E-state index is 13.7. The summed E-state index contributed by atoms with van der Waals surface area (Å²) in [6.07, 6.45) is 0. The highest BCUT2D eigenvalue weighted by molar-refractivity contribution is 6.31. The molecule has 0 bridgehead atoms. The molecule has 3 rings (SSSR count). The van der Waals surface area contributed by atoms with Crippen molar-refractivity contribution in [3.05, 3.63) is 74.5 Å². The van der Waals surface area contributed by atoms with Crippen LogP contribution in [0.1, 0.15) is 15.9 Å². The summed E-state index contributed by atoms with van der Waals surface area (Å²) in [5.74, 6) is -4.66. The number of fused-ring (bicyclic) bond motifs is 1. The Morgan fingerprint density at radius 2 is 1.76 bits per heavy atom. The van der Waals surface area contributed by atoms with Gasteiger partial charge in [-0.25, -0.2) is 8.78 Å². The molecule has 0 saturated carbocycles. The maximum Gasteiger partial charge on any atom is 0.322 e. The van der Waals surface area contributed by atoms with Crippen LogP contribution in [0.15, 0.2) is 41.2 Å². The number of nitrogens with zero attached hydrogens (tertiary/aromatic N) is 1. The van der Waals surface area contributed by atoms with Gasteiger partial charge < -0.3 is 20.1 Å². The molecule has 3 aromatic rings. The third kappa shape index (κ3) is 4.04. The van der Waals surface area contributed by atoms with E-state index < -0.39 is 46.9 Å². The quantitative estimate of drug-likeness (QED) is 0.585. The fourth-order valence-electron chi connectivity index (χ4n) is 2.85. The number of carbonyl (C=O) groups excluding carboxylic acids is 1. The Labute approximate surface area is 166 Å². The molecule has 3 N–H and O–H groups in total. The predicted molar refractivity (Wildman–Crippen MR) is 100 cm³/mol. The zero-order valence-corrected chi connectivity index (χ0v) is 15.3. The summed E-state index contributed by atoms with van der Waals surface area (Å²) < 4.78 is 28.4. The minimum atomic E-state index is -1.36. The van der Waals surface area contributed by atoms with E-state index >= 15 is 0 Å². The number of rotatable bonds is 5. The number of hydrogen-bond donors (Lipinski definition) is 3. The first kappa shape index (κ1) is 20.3. The van der Waals surface area contributed by atoms with Crippen molar-refractivity contribution in [2.45, 2.75) is 6.54 Å². The number of amides is 1. The molecule has 0 atom stereocenters. The van der Waals surface area contributed by atoms with Crippen LogP contribution in [0.5, 0.6) is 5.75 Å². The molecule has 0 unspecified atom stereocenters. The van der Waals surface area contributed by atoms with E-state index in [1.165, 1.54) is 12.1 Å². The minimum absolute atomic E-state index is 0.0732. The van der Waals surface area contributed by atoms with E-state index in [4.69, 9.17) is 16.7 Å². The van der Waals surface area contributed by atoms with E-state index in [1.54, 1.807) is 0 Å². The number of aliphatic carboxylic acids is 1. The summed E-state index contributed by atoms with van der Waals surface area (Å²) in [7, 11) is 0. The molecule has 0 aliphatic rings. The summed E-state index contributed by atoms with van der Waals surface area (Å²) in [4.78, 5) is 35.9. The van der Waals surface area contributed by atoms with Gasteiger partial charge in [0, 0.05) is 10.4 Å². The molecular weight excluding hydrogens is 410 g/mol. The van der Waals surface area contributed by atoms with Crippen molar-refractivity contribution in [3.63, 3.8) is 0 Å². The van der Waals surface area contributed by atoms with Crippen LogP contribution in [-0.4, -0.2) is 33.2 Å². The van der Waals surface area contributed by atoms with Gasteiger partial charge in [0.1, 0.15) is 29.5 Å². The standard InChI is InChI=1S/C19H13ClF2N2O5/c20-13-3-1-10(21)5-9(13)8-24-14-4-2-11(22)6-12(14)17(27)16(19(24)29)18(28)23-7-15(25)26/h1-6,27H,7-8H2,(H,23,28)(H,25,26). The predicted octanol–water partition coefficient (Wildman–Crippen LogP) is 2.50. The van der Waals surface area contributed by atoms with Crippen LogP contribution in [0, 0.1) is 11.6 Å². The van der Waals surface area contributed by atoms with Crippen molar-refractivity contribution in [1.82, 2.24) is 9.88 Å². The molecule has 7 nitrogen and oxygen atoms in total. The minimum Gasteiger partial charge on any atom is -0.506 e. The third-order valence-electron chi connectivity index (χ3n) is 4.16. The topological polar surface area (TPSA) is 109 Å². The first-order chi connectivity index (χ1) is 13.7. The second-order valence-corrected chi connectivity index (χ2v) is 6.50. The molecule has 2 aromatic carbocycles. The lowest BCUT2D eigenvalue weighted by Crippen LogP contribution is -2.36. The Kier molecular flexibility index (Phi) is 5.51. The molecule has 10 heteroatoms. The summed E-state index contributed by atoms with van der Waals surface area (Å²) in [5.41, 5.74) is -1.47. The van der Waals surface area contributed by atoms with Gasteiger partial charge in [-0.15, -0.1) is 0 Å². The Morgan fingerprint density at radius 3 is 2.45 bits per heavy atom. The molecule has 0 fully saturated rings. The zero-order chi connectivity index (χ0) is 21.3. The van der Waals surface area contributed by atoms with Crippen LogP contribution in [-0.2, 0) is 11.3 Å². The molecule has 1 amide bonds. The molecule has 0 radical (unpaired) electrons. The number of carbonyl (C=O) groups is 2. The largest absolute Gasteiger partial charge is 0.506 e. The summed E-state index contributed by atoms with van der Waals surface area (Å²) in [6.45, 7) is -1.08. The van der Waals surface area contributed by atoms with Crippen molar-refractivity contribution in [2.24, 2.45) is 0 Å². The fourth-order valence-corrected chi connectivity index (χ4v) is 3.03. The molecule has 0 saturated heterocycles. The van der Waals surface area contributed by atoms with E-state index in [1.807, 2.05) is 5.32 Å². The number of aromatic nitrogens is 1. The average molecular weight is 423 g/mol.